The normalized spacial score (nSPS) is 13.0. The van der Waals surface area contributed by atoms with E-state index in [2.05, 4.69) is 47.8 Å². The largest absolute Gasteiger partial charge is 0.239 e. The summed E-state index contributed by atoms with van der Waals surface area (Å²) in [5.41, 5.74) is 0. The Hall–Kier alpha value is 0.0700. The van der Waals surface area contributed by atoms with Crippen LogP contribution < -0.4 is 0 Å². The molecule has 10 heteroatoms. The van der Waals surface area contributed by atoms with Crippen molar-refractivity contribution in [2.45, 2.75) is 16.2 Å². The predicted octanol–water partition coefficient (Wildman–Crippen LogP) is 4.74. The highest BCUT2D eigenvalue weighted by molar-refractivity contribution is 9.42. The molecule has 2 aromatic rings. The van der Waals surface area contributed by atoms with E-state index in [0.29, 0.717) is 0 Å². The molecule has 0 N–H and O–H groups in total. The van der Waals surface area contributed by atoms with E-state index in [1.165, 1.54) is 18.2 Å². The molecule has 0 heterocycles. The minimum absolute atomic E-state index is 0.0861. The summed E-state index contributed by atoms with van der Waals surface area (Å²) < 4.78 is 48.1. The molecule has 2 aromatic carbocycles. The van der Waals surface area contributed by atoms with Crippen molar-refractivity contribution in [3.8, 4) is 0 Å². The third-order valence-electron chi connectivity index (χ3n) is 2.86. The molecule has 0 aliphatic heterocycles. The quantitative estimate of drug-likeness (QED) is 0.503. The van der Waals surface area contributed by atoms with Crippen molar-refractivity contribution in [2.75, 3.05) is 0 Å². The molecule has 124 valence electrons. The third-order valence-corrected chi connectivity index (χ3v) is 10.4. The summed E-state index contributed by atoms with van der Waals surface area (Å²) >= 11 is 14.8. The molecular formula is C13H8Br3ClO4S2. The molecule has 0 unspecified atom stereocenters. The van der Waals surface area contributed by atoms with Gasteiger partial charge in [-0.2, -0.15) is 0 Å². The lowest BCUT2D eigenvalue weighted by molar-refractivity contribution is 0.593. The second-order valence-corrected chi connectivity index (χ2v) is 17.1. The fraction of sp³-hybridized carbons (Fsp3) is 0.0769. The predicted molar refractivity (Wildman–Crippen MR) is 100 cm³/mol. The van der Waals surface area contributed by atoms with Crippen molar-refractivity contribution in [1.82, 2.24) is 0 Å². The first kappa shape index (κ1) is 19.4. The molecule has 0 saturated heterocycles. The number of alkyl halides is 3. The van der Waals surface area contributed by atoms with Crippen molar-refractivity contribution in [3.05, 3.63) is 53.6 Å². The fourth-order valence-electron chi connectivity index (χ4n) is 1.73. The third kappa shape index (κ3) is 3.85. The van der Waals surface area contributed by atoms with E-state index in [9.17, 15) is 16.8 Å². The maximum Gasteiger partial charge on any atom is 0.239 e. The van der Waals surface area contributed by atoms with E-state index in [1.54, 1.807) is 18.2 Å². The summed E-state index contributed by atoms with van der Waals surface area (Å²) in [6, 6.07) is 11.3. The van der Waals surface area contributed by atoms with Gasteiger partial charge in [-0.05, 0) is 78.1 Å². The van der Waals surface area contributed by atoms with Gasteiger partial charge in [-0.3, -0.25) is 0 Å². The van der Waals surface area contributed by atoms with Crippen molar-refractivity contribution in [2.24, 2.45) is 0 Å². The molecule has 0 aromatic heterocycles. The monoisotopic (exact) mass is 564 g/mol. The van der Waals surface area contributed by atoms with Crippen LogP contribution in [0, 0.1) is 0 Å². The lowest BCUT2D eigenvalue weighted by Crippen LogP contribution is -2.18. The minimum atomic E-state index is -3.91. The van der Waals surface area contributed by atoms with Gasteiger partial charge in [0.1, 0.15) is 0 Å². The van der Waals surface area contributed by atoms with Crippen LogP contribution in [0.2, 0.25) is 5.02 Å². The zero-order valence-corrected chi connectivity index (χ0v) is 18.2. The fourth-order valence-corrected chi connectivity index (χ4v) is 5.97. The van der Waals surface area contributed by atoms with Gasteiger partial charge in [0.25, 0.3) is 0 Å². The highest BCUT2D eigenvalue weighted by Crippen LogP contribution is 2.45. The van der Waals surface area contributed by atoms with Crippen LogP contribution in [0.25, 0.3) is 0 Å². The molecule has 23 heavy (non-hydrogen) atoms. The summed E-state index contributed by atoms with van der Waals surface area (Å²) in [5.74, 6) is 0. The van der Waals surface area contributed by atoms with Gasteiger partial charge in [-0.15, -0.1) is 0 Å². The van der Waals surface area contributed by atoms with Crippen molar-refractivity contribution in [1.29, 1.82) is 0 Å². The summed E-state index contributed by atoms with van der Waals surface area (Å²) in [6.45, 7) is 0. The second-order valence-electron chi connectivity index (χ2n) is 4.36. The van der Waals surface area contributed by atoms with Gasteiger partial charge < -0.3 is 0 Å². The maximum absolute atomic E-state index is 12.5. The molecule has 0 fully saturated rings. The average Bonchev–Trinajstić information content (AvgIpc) is 2.46. The summed E-state index contributed by atoms with van der Waals surface area (Å²) in [6.07, 6.45) is 0. The highest BCUT2D eigenvalue weighted by atomic mass is 80.0. The van der Waals surface area contributed by atoms with Crippen LogP contribution in [0.15, 0.2) is 63.2 Å². The Balaban J connectivity index is 2.58. The van der Waals surface area contributed by atoms with Gasteiger partial charge in [0.05, 0.1) is 19.7 Å². The molecule has 0 bridgehead atoms. The van der Waals surface area contributed by atoms with Gasteiger partial charge in [0.15, 0.2) is 0 Å². The van der Waals surface area contributed by atoms with Crippen LogP contribution in [-0.2, 0) is 19.7 Å². The topological polar surface area (TPSA) is 68.3 Å². The van der Waals surface area contributed by atoms with E-state index in [-0.39, 0.29) is 19.7 Å². The molecule has 0 atom stereocenters. The van der Waals surface area contributed by atoms with E-state index in [4.69, 9.17) is 11.6 Å². The Labute approximate surface area is 164 Å². The lowest BCUT2D eigenvalue weighted by Gasteiger charge is -2.15. The van der Waals surface area contributed by atoms with E-state index in [1.807, 2.05) is 0 Å². The van der Waals surface area contributed by atoms with Crippen molar-refractivity contribution < 1.29 is 16.8 Å². The van der Waals surface area contributed by atoms with Gasteiger partial charge in [-0.25, -0.2) is 16.8 Å². The first-order valence-corrected chi connectivity index (χ1v) is 11.6. The van der Waals surface area contributed by atoms with Crippen LogP contribution >= 0.6 is 59.4 Å². The minimum Gasteiger partial charge on any atom is -0.220 e. The standard InChI is InChI=1S/C13H8Br3ClO4S2/c14-13(15,16)23(20,21)12-7-6-10(8-11(12)17)22(18,19)9-4-2-1-3-5-9/h1-8H. The molecule has 2 rings (SSSR count). The van der Waals surface area contributed by atoms with E-state index >= 15 is 0 Å². The average molecular weight is 568 g/mol. The molecule has 0 aliphatic carbocycles. The van der Waals surface area contributed by atoms with E-state index < -0.39 is 21.1 Å². The number of hydrogen-bond acceptors (Lipinski definition) is 4. The van der Waals surface area contributed by atoms with Crippen LogP contribution in [-0.4, -0.2) is 18.3 Å². The zero-order chi connectivity index (χ0) is 17.5. The molecule has 0 aliphatic rings. The van der Waals surface area contributed by atoms with E-state index in [0.717, 1.165) is 12.1 Å². The van der Waals surface area contributed by atoms with Gasteiger partial charge in [0, 0.05) is 0 Å². The molecule has 4 nitrogen and oxygen atoms in total. The van der Waals surface area contributed by atoms with Gasteiger partial charge >= 0.3 is 0 Å². The Morgan fingerprint density at radius 3 is 1.87 bits per heavy atom. The molecule has 0 saturated carbocycles. The van der Waals surface area contributed by atoms with Crippen LogP contribution in [0.3, 0.4) is 0 Å². The second kappa shape index (κ2) is 6.76. The molecule has 0 amide bonds. The molecule has 0 spiro atoms. The highest BCUT2D eigenvalue weighted by Gasteiger charge is 2.39. The maximum atomic E-state index is 12.5. The summed E-state index contributed by atoms with van der Waals surface area (Å²) in [5, 5.41) is -0.190. The smallest absolute Gasteiger partial charge is 0.220 e. The zero-order valence-electron chi connectivity index (χ0n) is 11.1. The summed E-state index contributed by atoms with van der Waals surface area (Å²) in [7, 11) is -7.68. The van der Waals surface area contributed by atoms with Gasteiger partial charge in [-0.1, -0.05) is 29.8 Å². The number of rotatable bonds is 3. The van der Waals surface area contributed by atoms with Crippen molar-refractivity contribution >= 4 is 79.1 Å². The Morgan fingerprint density at radius 1 is 0.826 bits per heavy atom. The SMILES string of the molecule is O=S(=O)(c1ccccc1)c1ccc(S(=O)(=O)C(Br)(Br)Br)c(Cl)c1. The number of sulfone groups is 2. The van der Waals surface area contributed by atoms with Crippen LogP contribution in [0.5, 0.6) is 0 Å². The first-order valence-electron chi connectivity index (χ1n) is 5.89. The molecular weight excluding hydrogens is 559 g/mol. The summed E-state index contributed by atoms with van der Waals surface area (Å²) in [4.78, 5) is -0.198. The lowest BCUT2D eigenvalue weighted by atomic mass is 10.4. The molecule has 0 radical (unpaired) electrons. The Morgan fingerprint density at radius 2 is 1.39 bits per heavy atom. The Kier molecular flexibility index (Phi) is 5.70. The van der Waals surface area contributed by atoms with Crippen LogP contribution in [0.4, 0.5) is 0 Å². The van der Waals surface area contributed by atoms with Crippen LogP contribution in [0.1, 0.15) is 0 Å². The Bertz CT molecular complexity index is 937. The number of hydrogen-bond donors (Lipinski definition) is 0. The first-order chi connectivity index (χ1) is 10.5. The van der Waals surface area contributed by atoms with Crippen molar-refractivity contribution in [3.63, 3.8) is 0 Å². The number of benzene rings is 2. The number of halogens is 4. The van der Waals surface area contributed by atoms with Gasteiger partial charge in [0.2, 0.25) is 21.1 Å².